The highest BCUT2D eigenvalue weighted by Gasteiger charge is 2.25. The maximum atomic E-state index is 12.1. The van der Waals surface area contributed by atoms with E-state index in [2.05, 4.69) is 0 Å². The van der Waals surface area contributed by atoms with Gasteiger partial charge in [-0.3, -0.25) is 19.2 Å². The maximum Gasteiger partial charge on any atom is 0.241 e. The summed E-state index contributed by atoms with van der Waals surface area (Å²) in [7, 11) is 0. The molecule has 0 aliphatic heterocycles. The molecule has 0 aliphatic carbocycles. The van der Waals surface area contributed by atoms with Crippen LogP contribution in [-0.4, -0.2) is 23.4 Å². The lowest BCUT2D eigenvalue weighted by molar-refractivity contribution is -0.130. The molecule has 1 aromatic rings. The van der Waals surface area contributed by atoms with Crippen LogP contribution in [0.2, 0.25) is 0 Å². The maximum absolute atomic E-state index is 12.1. The number of ketones is 2. The lowest BCUT2D eigenvalue weighted by Crippen LogP contribution is -2.38. The molecule has 1 rings (SSSR count). The minimum atomic E-state index is -0.616. The van der Waals surface area contributed by atoms with Gasteiger partial charge in [0.05, 0.1) is 18.5 Å². The zero-order chi connectivity index (χ0) is 15.3. The number of rotatable bonds is 5. The molecule has 0 atom stereocenters. The van der Waals surface area contributed by atoms with Crippen LogP contribution in [0.25, 0.3) is 0 Å². The summed E-state index contributed by atoms with van der Waals surface area (Å²) in [6.07, 6.45) is -0.727. The van der Waals surface area contributed by atoms with Crippen LogP contribution in [0.3, 0.4) is 0 Å². The SMILES string of the molecule is CC(=O)CC(=O)N(C(=O)CC(C)=O)c1cccc(C)c1. The van der Waals surface area contributed by atoms with Gasteiger partial charge in [-0.1, -0.05) is 12.1 Å². The van der Waals surface area contributed by atoms with Gasteiger partial charge in [0.25, 0.3) is 0 Å². The molecule has 0 aliphatic rings. The Bertz CT molecular complexity index is 535. The molecule has 0 aromatic heterocycles. The number of amides is 2. The Kier molecular flexibility index (Phi) is 5.32. The Balaban J connectivity index is 3.13. The number of hydrogen-bond acceptors (Lipinski definition) is 4. The van der Waals surface area contributed by atoms with E-state index in [-0.39, 0.29) is 24.4 Å². The molecular weight excluding hydrogens is 258 g/mol. The average Bonchev–Trinajstić information content (AvgIpc) is 2.26. The number of carbonyl (C=O) groups excluding carboxylic acids is 4. The summed E-state index contributed by atoms with van der Waals surface area (Å²) in [6, 6.07) is 6.80. The second kappa shape index (κ2) is 6.75. The third kappa shape index (κ3) is 4.42. The van der Waals surface area contributed by atoms with Crippen LogP contribution < -0.4 is 4.90 Å². The second-order valence-electron chi connectivity index (χ2n) is 4.72. The van der Waals surface area contributed by atoms with Gasteiger partial charge < -0.3 is 0 Å². The molecule has 0 bridgehead atoms. The molecule has 0 radical (unpaired) electrons. The first-order valence-electron chi connectivity index (χ1n) is 6.22. The van der Waals surface area contributed by atoms with Crippen molar-refractivity contribution >= 4 is 29.1 Å². The molecule has 0 saturated heterocycles. The summed E-state index contributed by atoms with van der Waals surface area (Å²) < 4.78 is 0. The van der Waals surface area contributed by atoms with Crippen molar-refractivity contribution in [1.29, 1.82) is 0 Å². The van der Waals surface area contributed by atoms with Crippen LogP contribution in [0, 0.1) is 6.92 Å². The number of benzene rings is 1. The van der Waals surface area contributed by atoms with Crippen molar-refractivity contribution in [1.82, 2.24) is 0 Å². The summed E-state index contributed by atoms with van der Waals surface area (Å²) in [6.45, 7) is 4.39. The van der Waals surface area contributed by atoms with Crippen molar-refractivity contribution < 1.29 is 19.2 Å². The van der Waals surface area contributed by atoms with Crippen LogP contribution in [0.15, 0.2) is 24.3 Å². The normalized spacial score (nSPS) is 9.95. The molecule has 0 spiro atoms. The first-order chi connectivity index (χ1) is 9.31. The summed E-state index contributed by atoms with van der Waals surface area (Å²) in [5.41, 5.74) is 1.25. The molecule has 0 fully saturated rings. The van der Waals surface area contributed by atoms with E-state index in [1.54, 1.807) is 18.2 Å². The van der Waals surface area contributed by atoms with Crippen LogP contribution >= 0.6 is 0 Å². The molecule has 5 heteroatoms. The number of anilines is 1. The van der Waals surface area contributed by atoms with Gasteiger partial charge in [-0.05, 0) is 38.5 Å². The highest BCUT2D eigenvalue weighted by atomic mass is 16.2. The van der Waals surface area contributed by atoms with Gasteiger partial charge in [0.1, 0.15) is 11.6 Å². The van der Waals surface area contributed by atoms with Crippen molar-refractivity contribution in [3.05, 3.63) is 29.8 Å². The molecule has 20 heavy (non-hydrogen) atoms. The first kappa shape index (κ1) is 15.8. The Hall–Kier alpha value is -2.30. The van der Waals surface area contributed by atoms with E-state index in [9.17, 15) is 19.2 Å². The monoisotopic (exact) mass is 275 g/mol. The van der Waals surface area contributed by atoms with Crippen molar-refractivity contribution in [2.24, 2.45) is 0 Å². The topological polar surface area (TPSA) is 71.5 Å². The predicted molar refractivity (Wildman–Crippen MR) is 74.3 cm³/mol. The van der Waals surface area contributed by atoms with Gasteiger partial charge in [0.15, 0.2) is 0 Å². The molecular formula is C15H17NO4. The van der Waals surface area contributed by atoms with E-state index >= 15 is 0 Å². The lowest BCUT2D eigenvalue weighted by Gasteiger charge is -2.20. The molecule has 0 heterocycles. The fourth-order valence-electron chi connectivity index (χ4n) is 1.78. The summed E-state index contributed by atoms with van der Waals surface area (Å²) in [5.74, 6) is -1.89. The number of nitrogens with zero attached hydrogens (tertiary/aromatic N) is 1. The zero-order valence-corrected chi connectivity index (χ0v) is 11.8. The molecule has 2 amide bonds. The Morgan fingerprint density at radius 2 is 1.45 bits per heavy atom. The third-order valence-electron chi connectivity index (χ3n) is 2.56. The minimum Gasteiger partial charge on any atom is -0.299 e. The molecule has 5 nitrogen and oxygen atoms in total. The highest BCUT2D eigenvalue weighted by molar-refractivity contribution is 6.21. The Morgan fingerprint density at radius 3 is 1.85 bits per heavy atom. The van der Waals surface area contributed by atoms with Gasteiger partial charge in [0.2, 0.25) is 11.8 Å². The summed E-state index contributed by atoms with van der Waals surface area (Å²) in [5, 5.41) is 0. The molecule has 1 aromatic carbocycles. The van der Waals surface area contributed by atoms with Crippen molar-refractivity contribution in [3.63, 3.8) is 0 Å². The first-order valence-corrected chi connectivity index (χ1v) is 6.22. The minimum absolute atomic E-state index is 0.330. The van der Waals surface area contributed by atoms with Crippen molar-refractivity contribution in [3.8, 4) is 0 Å². The van der Waals surface area contributed by atoms with Crippen LogP contribution in [0.5, 0.6) is 0 Å². The van der Waals surface area contributed by atoms with Gasteiger partial charge >= 0.3 is 0 Å². The lowest BCUT2D eigenvalue weighted by atomic mass is 10.1. The summed E-state index contributed by atoms with van der Waals surface area (Å²) in [4.78, 5) is 47.2. The van der Waals surface area contributed by atoms with Gasteiger partial charge in [-0.15, -0.1) is 0 Å². The van der Waals surface area contributed by atoms with E-state index < -0.39 is 11.8 Å². The second-order valence-corrected chi connectivity index (χ2v) is 4.72. The van der Waals surface area contributed by atoms with E-state index in [1.807, 2.05) is 13.0 Å². The fourth-order valence-corrected chi connectivity index (χ4v) is 1.78. The number of imide groups is 1. The summed E-state index contributed by atoms with van der Waals surface area (Å²) >= 11 is 0. The van der Waals surface area contributed by atoms with Gasteiger partial charge in [0, 0.05) is 0 Å². The van der Waals surface area contributed by atoms with Crippen molar-refractivity contribution in [2.45, 2.75) is 33.6 Å². The fraction of sp³-hybridized carbons (Fsp3) is 0.333. The van der Waals surface area contributed by atoms with E-state index in [0.29, 0.717) is 5.69 Å². The highest BCUT2D eigenvalue weighted by Crippen LogP contribution is 2.18. The Labute approximate surface area is 117 Å². The predicted octanol–water partition coefficient (Wildman–Crippen LogP) is 1.81. The quantitative estimate of drug-likeness (QED) is 0.768. The largest absolute Gasteiger partial charge is 0.299 e. The number of carbonyl (C=O) groups is 4. The van der Waals surface area contributed by atoms with Gasteiger partial charge in [-0.25, -0.2) is 4.90 Å². The molecule has 0 saturated carbocycles. The zero-order valence-electron chi connectivity index (χ0n) is 11.8. The number of Topliss-reactive ketones (excluding diaryl/α,β-unsaturated/α-hetero) is 2. The number of hydrogen-bond donors (Lipinski definition) is 0. The Morgan fingerprint density at radius 1 is 0.950 bits per heavy atom. The molecule has 106 valence electrons. The van der Waals surface area contributed by atoms with E-state index in [4.69, 9.17) is 0 Å². The molecule has 0 unspecified atom stereocenters. The smallest absolute Gasteiger partial charge is 0.241 e. The standard InChI is InChI=1S/C15H17NO4/c1-10-5-4-6-13(7-10)16(14(19)8-11(2)17)15(20)9-12(3)18/h4-7H,8-9H2,1-3H3. The van der Waals surface area contributed by atoms with Crippen LogP contribution in [0.1, 0.15) is 32.3 Å². The van der Waals surface area contributed by atoms with E-state index in [1.165, 1.54) is 13.8 Å². The average molecular weight is 275 g/mol. The third-order valence-corrected chi connectivity index (χ3v) is 2.56. The van der Waals surface area contributed by atoms with Gasteiger partial charge in [-0.2, -0.15) is 0 Å². The van der Waals surface area contributed by atoms with Crippen molar-refractivity contribution in [2.75, 3.05) is 4.90 Å². The van der Waals surface area contributed by atoms with Crippen LogP contribution in [0.4, 0.5) is 5.69 Å². The van der Waals surface area contributed by atoms with Crippen LogP contribution in [-0.2, 0) is 19.2 Å². The van der Waals surface area contributed by atoms with E-state index in [0.717, 1.165) is 10.5 Å². The number of aryl methyl sites for hydroxylation is 1. The molecule has 0 N–H and O–H groups in total.